The molecule has 1 atom stereocenters. The minimum Gasteiger partial charge on any atom is -0.323 e. The fraction of sp³-hybridized carbons (Fsp3) is 0.417. The van der Waals surface area contributed by atoms with E-state index in [1.807, 2.05) is 18.2 Å². The zero-order chi connectivity index (χ0) is 12.3. The van der Waals surface area contributed by atoms with Crippen molar-refractivity contribution in [1.29, 1.82) is 0 Å². The first-order chi connectivity index (χ1) is 8.18. The third kappa shape index (κ3) is 2.87. The zero-order valence-electron chi connectivity index (χ0n) is 10.00. The summed E-state index contributed by atoms with van der Waals surface area (Å²) in [6.07, 6.45) is 2.51. The molecule has 1 unspecified atom stereocenters. The molecule has 0 amide bonds. The van der Waals surface area contributed by atoms with Gasteiger partial charge in [0, 0.05) is 24.4 Å². The van der Waals surface area contributed by atoms with Crippen molar-refractivity contribution in [1.82, 2.24) is 14.6 Å². The van der Waals surface area contributed by atoms with Crippen LogP contribution < -0.4 is 5.73 Å². The van der Waals surface area contributed by atoms with Gasteiger partial charge in [0.1, 0.15) is 0 Å². The molecular formula is C12H16N4S. The number of nitrogens with two attached hydrogens (primary N) is 1. The first-order valence-electron chi connectivity index (χ1n) is 5.66. The van der Waals surface area contributed by atoms with Gasteiger partial charge in [0.25, 0.3) is 0 Å². The highest BCUT2D eigenvalue weighted by Crippen LogP contribution is 2.26. The lowest BCUT2D eigenvalue weighted by Crippen LogP contribution is -2.15. The standard InChI is InChI=1S/C12H16N4S/c1-8(2)11-12(17-16-15-11)10(13)7-9-5-3-4-6-14-9/h3-6,8,10H,7,13H2,1-2H3. The lowest BCUT2D eigenvalue weighted by atomic mass is 10.0. The molecule has 2 N–H and O–H groups in total. The van der Waals surface area contributed by atoms with Gasteiger partial charge in [-0.25, -0.2) is 0 Å². The molecule has 0 saturated heterocycles. The van der Waals surface area contributed by atoms with Crippen LogP contribution in [0.25, 0.3) is 0 Å². The van der Waals surface area contributed by atoms with Gasteiger partial charge >= 0.3 is 0 Å². The predicted molar refractivity (Wildman–Crippen MR) is 68.9 cm³/mol. The van der Waals surface area contributed by atoms with E-state index in [0.29, 0.717) is 5.92 Å². The highest BCUT2D eigenvalue weighted by molar-refractivity contribution is 7.05. The monoisotopic (exact) mass is 248 g/mol. The molecule has 90 valence electrons. The van der Waals surface area contributed by atoms with Crippen LogP contribution in [0.1, 0.15) is 42.1 Å². The Balaban J connectivity index is 2.15. The Kier molecular flexibility index (Phi) is 3.81. The van der Waals surface area contributed by atoms with Gasteiger partial charge in [-0.05, 0) is 29.6 Å². The van der Waals surface area contributed by atoms with Gasteiger partial charge < -0.3 is 5.73 Å². The number of hydrogen-bond acceptors (Lipinski definition) is 5. The van der Waals surface area contributed by atoms with Crippen LogP contribution in [-0.4, -0.2) is 14.6 Å². The van der Waals surface area contributed by atoms with Gasteiger partial charge in [-0.2, -0.15) is 0 Å². The van der Waals surface area contributed by atoms with Crippen molar-refractivity contribution >= 4 is 11.5 Å². The van der Waals surface area contributed by atoms with E-state index >= 15 is 0 Å². The summed E-state index contributed by atoms with van der Waals surface area (Å²) in [5.41, 5.74) is 8.22. The summed E-state index contributed by atoms with van der Waals surface area (Å²) in [4.78, 5) is 5.36. The van der Waals surface area contributed by atoms with E-state index in [2.05, 4.69) is 28.4 Å². The van der Waals surface area contributed by atoms with Gasteiger partial charge in [-0.1, -0.05) is 24.4 Å². The Labute approximate surface area is 105 Å². The quantitative estimate of drug-likeness (QED) is 0.901. The zero-order valence-corrected chi connectivity index (χ0v) is 10.8. The molecule has 0 aliphatic carbocycles. The summed E-state index contributed by atoms with van der Waals surface area (Å²) in [6.45, 7) is 4.21. The van der Waals surface area contributed by atoms with Crippen molar-refractivity contribution in [2.75, 3.05) is 0 Å². The number of hydrogen-bond donors (Lipinski definition) is 1. The van der Waals surface area contributed by atoms with Crippen LogP contribution in [0.5, 0.6) is 0 Å². The third-order valence-electron chi connectivity index (χ3n) is 2.58. The molecule has 0 radical (unpaired) electrons. The van der Waals surface area contributed by atoms with Crippen LogP contribution >= 0.6 is 11.5 Å². The number of rotatable bonds is 4. The minimum atomic E-state index is -0.0673. The van der Waals surface area contributed by atoms with E-state index < -0.39 is 0 Å². The SMILES string of the molecule is CC(C)c1nnsc1C(N)Cc1ccccn1. The number of nitrogens with zero attached hydrogens (tertiary/aromatic N) is 3. The van der Waals surface area contributed by atoms with Crippen LogP contribution in [0.3, 0.4) is 0 Å². The molecule has 0 spiro atoms. The average Bonchev–Trinajstić information content (AvgIpc) is 2.79. The van der Waals surface area contributed by atoms with Crippen molar-refractivity contribution in [3.63, 3.8) is 0 Å². The molecule has 0 aromatic carbocycles. The van der Waals surface area contributed by atoms with Crippen molar-refractivity contribution in [3.05, 3.63) is 40.7 Å². The molecule has 0 aliphatic heterocycles. The van der Waals surface area contributed by atoms with Crippen LogP contribution in [0, 0.1) is 0 Å². The molecule has 0 bridgehead atoms. The van der Waals surface area contributed by atoms with E-state index in [1.54, 1.807) is 6.20 Å². The lowest BCUT2D eigenvalue weighted by molar-refractivity contribution is 0.690. The van der Waals surface area contributed by atoms with Gasteiger partial charge in [0.15, 0.2) is 0 Å². The molecule has 0 aliphatic rings. The first-order valence-corrected chi connectivity index (χ1v) is 6.43. The topological polar surface area (TPSA) is 64.7 Å². The minimum absolute atomic E-state index is 0.0673. The molecule has 5 heteroatoms. The van der Waals surface area contributed by atoms with Crippen molar-refractivity contribution in [2.45, 2.75) is 32.2 Å². The fourth-order valence-electron chi connectivity index (χ4n) is 1.70. The van der Waals surface area contributed by atoms with Crippen LogP contribution in [-0.2, 0) is 6.42 Å². The maximum atomic E-state index is 6.20. The summed E-state index contributed by atoms with van der Waals surface area (Å²) >= 11 is 1.39. The third-order valence-corrected chi connectivity index (χ3v) is 3.45. The maximum Gasteiger partial charge on any atom is 0.0829 e. The van der Waals surface area contributed by atoms with Crippen LogP contribution in [0.2, 0.25) is 0 Å². The van der Waals surface area contributed by atoms with Gasteiger partial charge in [-0.15, -0.1) is 5.10 Å². The van der Waals surface area contributed by atoms with E-state index in [1.165, 1.54) is 11.5 Å². The van der Waals surface area contributed by atoms with Crippen LogP contribution in [0.4, 0.5) is 0 Å². The second-order valence-corrected chi connectivity index (χ2v) is 5.09. The Morgan fingerprint density at radius 2 is 2.18 bits per heavy atom. The summed E-state index contributed by atoms with van der Waals surface area (Å²) in [5.74, 6) is 0.360. The average molecular weight is 248 g/mol. The Morgan fingerprint density at radius 1 is 1.35 bits per heavy atom. The van der Waals surface area contributed by atoms with Gasteiger partial charge in [0.2, 0.25) is 0 Å². The van der Waals surface area contributed by atoms with E-state index in [0.717, 1.165) is 22.7 Å². The maximum absolute atomic E-state index is 6.20. The highest BCUT2D eigenvalue weighted by atomic mass is 32.1. The predicted octanol–water partition coefficient (Wildman–Crippen LogP) is 2.30. The summed E-state index contributed by atoms with van der Waals surface area (Å²) in [5, 5.41) is 4.15. The van der Waals surface area contributed by atoms with E-state index in [4.69, 9.17) is 5.73 Å². The normalized spacial score (nSPS) is 12.9. The molecule has 0 fully saturated rings. The second-order valence-electron chi connectivity index (χ2n) is 4.31. The Hall–Kier alpha value is -1.33. The van der Waals surface area contributed by atoms with Crippen molar-refractivity contribution in [3.8, 4) is 0 Å². The smallest absolute Gasteiger partial charge is 0.0829 e. The summed E-state index contributed by atoms with van der Waals surface area (Å²) in [7, 11) is 0. The fourth-order valence-corrected chi connectivity index (χ4v) is 2.50. The highest BCUT2D eigenvalue weighted by Gasteiger charge is 2.18. The van der Waals surface area contributed by atoms with Crippen molar-refractivity contribution < 1.29 is 0 Å². The second kappa shape index (κ2) is 5.33. The number of pyridine rings is 1. The molecule has 2 heterocycles. The van der Waals surface area contributed by atoms with Crippen molar-refractivity contribution in [2.24, 2.45) is 5.73 Å². The Bertz CT molecular complexity index is 466. The summed E-state index contributed by atoms with van der Waals surface area (Å²) in [6, 6.07) is 5.80. The van der Waals surface area contributed by atoms with Crippen LogP contribution in [0.15, 0.2) is 24.4 Å². The Morgan fingerprint density at radius 3 is 2.82 bits per heavy atom. The number of aromatic nitrogens is 3. The first kappa shape index (κ1) is 12.1. The van der Waals surface area contributed by atoms with Gasteiger partial charge in [0.05, 0.1) is 10.6 Å². The van der Waals surface area contributed by atoms with E-state index in [9.17, 15) is 0 Å². The molecular weight excluding hydrogens is 232 g/mol. The lowest BCUT2D eigenvalue weighted by Gasteiger charge is -2.11. The molecule has 17 heavy (non-hydrogen) atoms. The molecule has 2 aromatic heterocycles. The summed E-state index contributed by atoms with van der Waals surface area (Å²) < 4.78 is 4.00. The molecule has 4 nitrogen and oxygen atoms in total. The molecule has 2 rings (SSSR count). The van der Waals surface area contributed by atoms with E-state index in [-0.39, 0.29) is 6.04 Å². The largest absolute Gasteiger partial charge is 0.323 e. The molecule has 0 saturated carbocycles. The van der Waals surface area contributed by atoms with Gasteiger partial charge in [-0.3, -0.25) is 4.98 Å². The molecule has 2 aromatic rings.